The molecule has 2 rings (SSSR count). The minimum absolute atomic E-state index is 0.149. The van der Waals surface area contributed by atoms with Gasteiger partial charge in [-0.05, 0) is 57.3 Å². The van der Waals surface area contributed by atoms with E-state index < -0.39 is 21.7 Å². The van der Waals surface area contributed by atoms with Gasteiger partial charge in [0.1, 0.15) is 18.4 Å². The van der Waals surface area contributed by atoms with Crippen LogP contribution in [-0.4, -0.2) is 61.1 Å². The molecule has 1 aliphatic heterocycles. The highest BCUT2D eigenvalue weighted by molar-refractivity contribution is 9.09. The SMILES string of the molecule is CC#CCOc1ccc(S(=O)(=O)N2CC(CBr)OC(C)(C)[C@H]2C(=S)OC)cc1. The van der Waals surface area contributed by atoms with Gasteiger partial charge in [0.15, 0.2) is 5.05 Å². The normalized spacial score (nSPS) is 22.0. The molecule has 2 atom stereocenters. The second-order valence-electron chi connectivity index (χ2n) is 6.68. The van der Waals surface area contributed by atoms with E-state index in [0.717, 1.165) is 0 Å². The summed E-state index contributed by atoms with van der Waals surface area (Å²) in [6.45, 7) is 5.76. The Kier molecular flexibility index (Phi) is 7.88. The van der Waals surface area contributed by atoms with Gasteiger partial charge in [-0.15, -0.1) is 5.92 Å². The molecule has 154 valence electrons. The third kappa shape index (κ3) is 5.05. The molecule has 1 unspecified atom stereocenters. The molecule has 1 aliphatic rings. The molecule has 28 heavy (non-hydrogen) atoms. The van der Waals surface area contributed by atoms with Crippen molar-refractivity contribution in [1.82, 2.24) is 4.31 Å². The van der Waals surface area contributed by atoms with Crippen molar-refractivity contribution < 1.29 is 22.6 Å². The largest absolute Gasteiger partial charge is 0.488 e. The lowest BCUT2D eigenvalue weighted by Gasteiger charge is -2.47. The Morgan fingerprint density at radius 1 is 1.39 bits per heavy atom. The predicted octanol–water partition coefficient (Wildman–Crippen LogP) is 2.99. The minimum Gasteiger partial charge on any atom is -0.488 e. The van der Waals surface area contributed by atoms with Crippen molar-refractivity contribution in [3.63, 3.8) is 0 Å². The number of methoxy groups -OCH3 is 1. The van der Waals surface area contributed by atoms with Crippen LogP contribution in [0.15, 0.2) is 29.2 Å². The summed E-state index contributed by atoms with van der Waals surface area (Å²) in [5.74, 6) is 6.08. The number of nitrogens with zero attached hydrogens (tertiary/aromatic N) is 1. The Bertz CT molecular complexity index is 859. The highest BCUT2D eigenvalue weighted by atomic mass is 79.9. The minimum atomic E-state index is -3.84. The van der Waals surface area contributed by atoms with Gasteiger partial charge in [-0.3, -0.25) is 0 Å². The first-order valence-corrected chi connectivity index (χ1v) is 11.6. The first kappa shape index (κ1) is 23.1. The second-order valence-corrected chi connectivity index (χ2v) is 9.63. The second kappa shape index (κ2) is 9.55. The predicted molar refractivity (Wildman–Crippen MR) is 115 cm³/mol. The van der Waals surface area contributed by atoms with Crippen LogP contribution in [-0.2, 0) is 19.5 Å². The molecular formula is C19H24BrNO5S2. The molecule has 0 N–H and O–H groups in total. The maximum absolute atomic E-state index is 13.4. The van der Waals surface area contributed by atoms with Gasteiger partial charge in [0.2, 0.25) is 10.0 Å². The van der Waals surface area contributed by atoms with Crippen molar-refractivity contribution in [1.29, 1.82) is 0 Å². The Balaban J connectivity index is 2.38. The molecule has 0 saturated carbocycles. The average Bonchev–Trinajstić information content (AvgIpc) is 2.66. The van der Waals surface area contributed by atoms with Crippen molar-refractivity contribution in [2.24, 2.45) is 0 Å². The maximum Gasteiger partial charge on any atom is 0.243 e. The summed E-state index contributed by atoms with van der Waals surface area (Å²) in [5, 5.41) is 0.667. The Morgan fingerprint density at radius 2 is 2.04 bits per heavy atom. The number of sulfonamides is 1. The molecule has 1 fully saturated rings. The summed E-state index contributed by atoms with van der Waals surface area (Å²) in [7, 11) is -2.41. The van der Waals surface area contributed by atoms with Crippen LogP contribution in [0.3, 0.4) is 0 Å². The van der Waals surface area contributed by atoms with Gasteiger partial charge < -0.3 is 14.2 Å². The molecule has 1 saturated heterocycles. The van der Waals surface area contributed by atoms with Gasteiger partial charge in [0.05, 0.1) is 23.7 Å². The van der Waals surface area contributed by atoms with E-state index in [2.05, 4.69) is 27.8 Å². The van der Waals surface area contributed by atoms with Gasteiger partial charge in [0.25, 0.3) is 0 Å². The van der Waals surface area contributed by atoms with Crippen molar-refractivity contribution in [2.75, 3.05) is 25.6 Å². The Labute approximate surface area is 180 Å². The Hall–Kier alpha value is -1.18. The van der Waals surface area contributed by atoms with Gasteiger partial charge >= 0.3 is 0 Å². The number of benzene rings is 1. The molecule has 1 aromatic carbocycles. The molecule has 0 aromatic heterocycles. The number of ether oxygens (including phenoxy) is 3. The van der Waals surface area contributed by atoms with E-state index in [9.17, 15) is 8.42 Å². The lowest BCUT2D eigenvalue weighted by atomic mass is 9.96. The molecule has 0 radical (unpaired) electrons. The van der Waals surface area contributed by atoms with Crippen molar-refractivity contribution in [3.8, 4) is 17.6 Å². The summed E-state index contributed by atoms with van der Waals surface area (Å²) in [6, 6.07) is 5.53. The number of hydrogen-bond donors (Lipinski definition) is 0. The Morgan fingerprint density at radius 3 is 2.57 bits per heavy atom. The fraction of sp³-hybridized carbons (Fsp3) is 0.526. The highest BCUT2D eigenvalue weighted by Gasteiger charge is 2.50. The molecule has 1 heterocycles. The van der Waals surface area contributed by atoms with Crippen LogP contribution in [0.4, 0.5) is 0 Å². The number of rotatable bonds is 6. The van der Waals surface area contributed by atoms with Crippen LogP contribution >= 0.6 is 28.1 Å². The van der Waals surface area contributed by atoms with E-state index in [0.29, 0.717) is 11.1 Å². The molecule has 9 heteroatoms. The van der Waals surface area contributed by atoms with Gasteiger partial charge in [0, 0.05) is 11.9 Å². The third-order valence-corrected chi connectivity index (χ3v) is 7.27. The molecule has 0 amide bonds. The van der Waals surface area contributed by atoms with E-state index in [1.807, 2.05) is 13.8 Å². The lowest BCUT2D eigenvalue weighted by molar-refractivity contribution is -0.125. The average molecular weight is 490 g/mol. The lowest BCUT2D eigenvalue weighted by Crippen LogP contribution is -2.64. The van der Waals surface area contributed by atoms with E-state index in [1.165, 1.54) is 23.5 Å². The number of alkyl halides is 1. The summed E-state index contributed by atoms with van der Waals surface area (Å²) in [4.78, 5) is 0.149. The smallest absolute Gasteiger partial charge is 0.243 e. The zero-order valence-electron chi connectivity index (χ0n) is 16.3. The first-order valence-electron chi connectivity index (χ1n) is 8.63. The molecule has 0 spiro atoms. The zero-order valence-corrected chi connectivity index (χ0v) is 19.5. The molecule has 6 nitrogen and oxygen atoms in total. The van der Waals surface area contributed by atoms with Gasteiger partial charge in [-0.1, -0.05) is 21.9 Å². The maximum atomic E-state index is 13.4. The summed E-state index contributed by atoms with van der Waals surface area (Å²) < 4.78 is 44.9. The van der Waals surface area contributed by atoms with Crippen LogP contribution in [0.25, 0.3) is 0 Å². The third-order valence-electron chi connectivity index (χ3n) is 4.32. The topological polar surface area (TPSA) is 65.1 Å². The summed E-state index contributed by atoms with van der Waals surface area (Å²) in [5.41, 5.74) is -0.848. The highest BCUT2D eigenvalue weighted by Crippen LogP contribution is 2.34. The number of halogens is 1. The molecule has 0 aliphatic carbocycles. The van der Waals surface area contributed by atoms with Crippen molar-refractivity contribution in [2.45, 2.75) is 43.4 Å². The number of hydrogen-bond acceptors (Lipinski definition) is 6. The molecular weight excluding hydrogens is 466 g/mol. The monoisotopic (exact) mass is 489 g/mol. The van der Waals surface area contributed by atoms with Crippen molar-refractivity contribution >= 4 is 43.2 Å². The van der Waals surface area contributed by atoms with E-state index in [4.69, 9.17) is 26.4 Å². The van der Waals surface area contributed by atoms with Crippen LogP contribution in [0.1, 0.15) is 20.8 Å². The molecule has 1 aromatic rings. The quantitative estimate of drug-likeness (QED) is 0.347. The molecule has 0 bridgehead atoms. The van der Waals surface area contributed by atoms with Gasteiger partial charge in [-0.25, -0.2) is 8.42 Å². The van der Waals surface area contributed by atoms with Gasteiger partial charge in [-0.2, -0.15) is 4.31 Å². The zero-order chi connectivity index (χ0) is 20.9. The summed E-state index contributed by atoms with van der Waals surface area (Å²) in [6.07, 6.45) is -0.309. The van der Waals surface area contributed by atoms with Crippen molar-refractivity contribution in [3.05, 3.63) is 24.3 Å². The first-order chi connectivity index (χ1) is 13.2. The number of thiocarbonyl (C=S) groups is 1. The fourth-order valence-electron chi connectivity index (χ4n) is 3.05. The number of morpholine rings is 1. The standard InChI is InChI=1S/C19H24BrNO5S2/c1-5-6-11-25-14-7-9-16(10-8-14)28(22,23)21-13-15(12-20)26-19(2,3)17(21)18(27)24-4/h7-10,15,17H,11-13H2,1-4H3/t15?,17-/m1/s1. The summed E-state index contributed by atoms with van der Waals surface area (Å²) >= 11 is 8.71. The van der Waals surface area contributed by atoms with E-state index in [-0.39, 0.29) is 29.2 Å². The van der Waals surface area contributed by atoms with Crippen LogP contribution in [0.5, 0.6) is 5.75 Å². The van der Waals surface area contributed by atoms with E-state index in [1.54, 1.807) is 19.1 Å². The van der Waals surface area contributed by atoms with E-state index >= 15 is 0 Å². The fourth-order valence-corrected chi connectivity index (χ4v) is 5.60. The van der Waals surface area contributed by atoms with Crippen LogP contribution in [0, 0.1) is 11.8 Å². The van der Waals surface area contributed by atoms with Crippen LogP contribution in [0.2, 0.25) is 0 Å². The van der Waals surface area contributed by atoms with Crippen LogP contribution < -0.4 is 4.74 Å².